The zero-order valence-electron chi connectivity index (χ0n) is 15.9. The fourth-order valence-corrected chi connectivity index (χ4v) is 3.78. The second kappa shape index (κ2) is 8.86. The zero-order chi connectivity index (χ0) is 19.2. The molecule has 6 heteroatoms. The lowest BCUT2D eigenvalue weighted by Gasteiger charge is -2.34. The van der Waals surface area contributed by atoms with Gasteiger partial charge in [0, 0.05) is 13.1 Å². The van der Waals surface area contributed by atoms with Gasteiger partial charge in [-0.25, -0.2) is 0 Å². The van der Waals surface area contributed by atoms with Gasteiger partial charge < -0.3 is 15.1 Å². The Kier molecular flexibility index (Phi) is 6.29. The average Bonchev–Trinajstić information content (AvgIpc) is 3.12. The number of hydrogen-bond acceptors (Lipinski definition) is 4. The molecule has 2 aromatic rings. The predicted octanol–water partition coefficient (Wildman–Crippen LogP) is 3.13. The van der Waals surface area contributed by atoms with Gasteiger partial charge in [-0.1, -0.05) is 26.0 Å². The van der Waals surface area contributed by atoms with Crippen LogP contribution in [0.2, 0.25) is 0 Å². The summed E-state index contributed by atoms with van der Waals surface area (Å²) in [5, 5.41) is 5.71. The molecule has 1 aliphatic rings. The fourth-order valence-electron chi connectivity index (χ4n) is 3.78. The summed E-state index contributed by atoms with van der Waals surface area (Å²) in [6, 6.07) is 10.6. The van der Waals surface area contributed by atoms with E-state index in [1.165, 1.54) is 6.42 Å². The Morgan fingerprint density at radius 2 is 1.85 bits per heavy atom. The predicted molar refractivity (Wildman–Crippen MR) is 104 cm³/mol. The highest BCUT2D eigenvalue weighted by molar-refractivity contribution is 6.04. The van der Waals surface area contributed by atoms with Crippen LogP contribution in [-0.2, 0) is 11.3 Å². The molecule has 2 unspecified atom stereocenters. The van der Waals surface area contributed by atoms with Crippen molar-refractivity contribution >= 4 is 17.5 Å². The molecule has 0 radical (unpaired) electrons. The van der Waals surface area contributed by atoms with Gasteiger partial charge in [0.2, 0.25) is 5.91 Å². The largest absolute Gasteiger partial charge is 0.467 e. The molecule has 2 amide bonds. The van der Waals surface area contributed by atoms with Crippen LogP contribution in [-0.4, -0.2) is 36.3 Å². The van der Waals surface area contributed by atoms with E-state index in [0.717, 1.165) is 13.1 Å². The smallest absolute Gasteiger partial charge is 0.253 e. The molecular formula is C21H27N3O3. The van der Waals surface area contributed by atoms with Crippen LogP contribution in [0.25, 0.3) is 0 Å². The van der Waals surface area contributed by atoms with Crippen LogP contribution in [0.5, 0.6) is 0 Å². The first-order valence-corrected chi connectivity index (χ1v) is 9.43. The van der Waals surface area contributed by atoms with E-state index in [4.69, 9.17) is 4.42 Å². The van der Waals surface area contributed by atoms with Crippen LogP contribution >= 0.6 is 0 Å². The third kappa shape index (κ3) is 5.44. The van der Waals surface area contributed by atoms with Crippen LogP contribution in [0, 0.1) is 11.8 Å². The molecule has 0 saturated carbocycles. The number of hydrogen-bond donors (Lipinski definition) is 2. The number of para-hydroxylation sites is 1. The van der Waals surface area contributed by atoms with Gasteiger partial charge in [-0.15, -0.1) is 0 Å². The Balaban J connectivity index is 1.59. The maximum atomic E-state index is 12.5. The van der Waals surface area contributed by atoms with Crippen molar-refractivity contribution in [1.82, 2.24) is 10.2 Å². The van der Waals surface area contributed by atoms with Gasteiger partial charge >= 0.3 is 0 Å². The van der Waals surface area contributed by atoms with Gasteiger partial charge in [0.05, 0.1) is 30.6 Å². The second-order valence-electron chi connectivity index (χ2n) is 7.50. The van der Waals surface area contributed by atoms with Gasteiger partial charge in [0.25, 0.3) is 5.91 Å². The Morgan fingerprint density at radius 3 is 2.56 bits per heavy atom. The minimum Gasteiger partial charge on any atom is -0.467 e. The van der Waals surface area contributed by atoms with E-state index in [1.807, 2.05) is 6.07 Å². The lowest BCUT2D eigenvalue weighted by molar-refractivity contribution is -0.117. The molecule has 6 nitrogen and oxygen atoms in total. The van der Waals surface area contributed by atoms with Crippen molar-refractivity contribution in [2.75, 3.05) is 25.0 Å². The van der Waals surface area contributed by atoms with Crippen molar-refractivity contribution in [2.45, 2.75) is 26.8 Å². The molecule has 0 spiro atoms. The molecule has 3 rings (SSSR count). The molecule has 27 heavy (non-hydrogen) atoms. The van der Waals surface area contributed by atoms with Crippen molar-refractivity contribution in [2.24, 2.45) is 11.8 Å². The highest BCUT2D eigenvalue weighted by Crippen LogP contribution is 2.21. The first-order chi connectivity index (χ1) is 13.0. The van der Waals surface area contributed by atoms with Crippen molar-refractivity contribution < 1.29 is 14.0 Å². The number of benzene rings is 1. The van der Waals surface area contributed by atoms with Crippen LogP contribution in [0.4, 0.5) is 5.69 Å². The number of furan rings is 1. The molecule has 0 aliphatic carbocycles. The SMILES string of the molecule is CC1CC(C)CN(CC(=O)Nc2ccccc2C(=O)NCc2ccco2)C1. The van der Waals surface area contributed by atoms with E-state index in [9.17, 15) is 9.59 Å². The quantitative estimate of drug-likeness (QED) is 0.820. The van der Waals surface area contributed by atoms with Crippen molar-refractivity contribution in [3.8, 4) is 0 Å². The third-order valence-corrected chi connectivity index (χ3v) is 4.76. The molecule has 2 N–H and O–H groups in total. The van der Waals surface area contributed by atoms with Crippen molar-refractivity contribution in [3.05, 3.63) is 54.0 Å². The minimum atomic E-state index is -0.248. The van der Waals surface area contributed by atoms with E-state index >= 15 is 0 Å². The molecule has 1 fully saturated rings. The lowest BCUT2D eigenvalue weighted by Crippen LogP contribution is -2.43. The summed E-state index contributed by atoms with van der Waals surface area (Å²) in [5.74, 6) is 1.53. The van der Waals surface area contributed by atoms with Crippen LogP contribution in [0.3, 0.4) is 0 Å². The molecule has 1 aromatic heterocycles. The number of nitrogens with one attached hydrogen (secondary N) is 2. The van der Waals surface area contributed by atoms with Crippen molar-refractivity contribution in [3.63, 3.8) is 0 Å². The number of anilines is 1. The van der Waals surface area contributed by atoms with Crippen molar-refractivity contribution in [1.29, 1.82) is 0 Å². The standard InChI is InChI=1S/C21H27N3O3/c1-15-10-16(2)13-24(12-15)14-20(25)23-19-8-4-3-7-18(19)21(26)22-11-17-6-5-9-27-17/h3-9,15-16H,10-14H2,1-2H3,(H,22,26)(H,23,25). The van der Waals surface area contributed by atoms with Crippen LogP contribution in [0.15, 0.2) is 47.1 Å². The van der Waals surface area contributed by atoms with E-state index in [0.29, 0.717) is 41.9 Å². The van der Waals surface area contributed by atoms with E-state index < -0.39 is 0 Å². The first kappa shape index (κ1) is 19.2. The summed E-state index contributed by atoms with van der Waals surface area (Å²) in [6.07, 6.45) is 2.77. The Morgan fingerprint density at radius 1 is 1.11 bits per heavy atom. The summed E-state index contributed by atoms with van der Waals surface area (Å²) in [4.78, 5) is 27.2. The molecule has 1 aromatic carbocycles. The molecule has 1 saturated heterocycles. The number of likely N-dealkylation sites (tertiary alicyclic amines) is 1. The third-order valence-electron chi connectivity index (χ3n) is 4.76. The molecular weight excluding hydrogens is 342 g/mol. The Labute approximate surface area is 159 Å². The zero-order valence-corrected chi connectivity index (χ0v) is 15.9. The molecule has 144 valence electrons. The van der Waals surface area contributed by atoms with Gasteiger partial charge in [-0.2, -0.15) is 0 Å². The van der Waals surface area contributed by atoms with Crippen LogP contribution in [0.1, 0.15) is 36.4 Å². The topological polar surface area (TPSA) is 74.6 Å². The normalized spacial score (nSPS) is 20.2. The summed E-state index contributed by atoms with van der Waals surface area (Å²) >= 11 is 0. The number of carbonyl (C=O) groups is 2. The van der Waals surface area contributed by atoms with Crippen LogP contribution < -0.4 is 10.6 Å². The van der Waals surface area contributed by atoms with Gasteiger partial charge in [0.15, 0.2) is 0 Å². The monoisotopic (exact) mass is 369 g/mol. The van der Waals surface area contributed by atoms with Gasteiger partial charge in [0.1, 0.15) is 5.76 Å². The highest BCUT2D eigenvalue weighted by atomic mass is 16.3. The molecule has 1 aliphatic heterocycles. The summed E-state index contributed by atoms with van der Waals surface area (Å²) < 4.78 is 5.23. The number of rotatable bonds is 6. The number of amides is 2. The second-order valence-corrected chi connectivity index (χ2v) is 7.50. The Bertz CT molecular complexity index is 763. The molecule has 2 heterocycles. The van der Waals surface area contributed by atoms with Gasteiger partial charge in [-0.3, -0.25) is 14.5 Å². The summed E-state index contributed by atoms with van der Waals surface area (Å²) in [5.41, 5.74) is 0.968. The number of piperidine rings is 1. The van der Waals surface area contributed by atoms with E-state index in [-0.39, 0.29) is 11.8 Å². The fraction of sp³-hybridized carbons (Fsp3) is 0.429. The lowest BCUT2D eigenvalue weighted by atomic mass is 9.92. The maximum absolute atomic E-state index is 12.5. The summed E-state index contributed by atoms with van der Waals surface area (Å²) in [6.45, 7) is 6.96. The molecule has 2 atom stereocenters. The highest BCUT2D eigenvalue weighted by Gasteiger charge is 2.23. The molecule has 0 bridgehead atoms. The van der Waals surface area contributed by atoms with E-state index in [2.05, 4.69) is 29.4 Å². The minimum absolute atomic E-state index is 0.0948. The van der Waals surface area contributed by atoms with E-state index in [1.54, 1.807) is 36.6 Å². The number of carbonyl (C=O) groups excluding carboxylic acids is 2. The average molecular weight is 369 g/mol. The van der Waals surface area contributed by atoms with Gasteiger partial charge in [-0.05, 0) is 42.5 Å². The maximum Gasteiger partial charge on any atom is 0.253 e. The Hall–Kier alpha value is -2.60. The summed E-state index contributed by atoms with van der Waals surface area (Å²) in [7, 11) is 0. The first-order valence-electron chi connectivity index (χ1n) is 9.43. The number of nitrogens with zero attached hydrogens (tertiary/aromatic N) is 1.